The molecule has 3 rings (SSSR count). The van der Waals surface area contributed by atoms with Crippen molar-refractivity contribution < 1.29 is 17.9 Å². The van der Waals surface area contributed by atoms with Gasteiger partial charge in [0.1, 0.15) is 6.54 Å². The Balaban J connectivity index is 2.30. The van der Waals surface area contributed by atoms with Gasteiger partial charge in [0.2, 0.25) is 4.80 Å². The van der Waals surface area contributed by atoms with Gasteiger partial charge in [-0.1, -0.05) is 35.6 Å². The molecule has 1 heterocycles. The highest BCUT2D eigenvalue weighted by Gasteiger charge is 2.17. The van der Waals surface area contributed by atoms with Gasteiger partial charge in [0.05, 0.1) is 22.2 Å². The summed E-state index contributed by atoms with van der Waals surface area (Å²) in [6, 6.07) is 11.9. The Bertz CT molecular complexity index is 1140. The predicted molar refractivity (Wildman–Crippen MR) is 100 cm³/mol. The van der Waals surface area contributed by atoms with Crippen LogP contribution in [0.4, 0.5) is 0 Å². The Labute approximate surface area is 155 Å². The first kappa shape index (κ1) is 18.3. The summed E-state index contributed by atoms with van der Waals surface area (Å²) >= 11 is 1.24. The quantitative estimate of drug-likeness (QED) is 0.642. The van der Waals surface area contributed by atoms with Gasteiger partial charge in [-0.3, -0.25) is 4.79 Å². The number of nitrogens with zero attached hydrogens (tertiary/aromatic N) is 2. The molecule has 0 saturated heterocycles. The molecule has 1 aromatic heterocycles. The second kappa shape index (κ2) is 7.05. The highest BCUT2D eigenvalue weighted by Crippen LogP contribution is 2.24. The second-order valence-corrected chi connectivity index (χ2v) is 8.44. The van der Waals surface area contributed by atoms with Crippen LogP contribution in [0.5, 0.6) is 0 Å². The smallest absolute Gasteiger partial charge is 0.325 e. The normalized spacial score (nSPS) is 12.5. The molecule has 0 bridgehead atoms. The molecular weight excluding hydrogens is 372 g/mol. The average Bonchev–Trinajstić information content (AvgIpc) is 2.93. The van der Waals surface area contributed by atoms with Gasteiger partial charge in [-0.2, -0.15) is 8.42 Å². The fourth-order valence-electron chi connectivity index (χ4n) is 2.68. The molecule has 0 aliphatic carbocycles. The molecule has 0 spiro atoms. The minimum atomic E-state index is -3.89. The second-order valence-electron chi connectivity index (χ2n) is 5.86. The van der Waals surface area contributed by atoms with E-state index in [9.17, 15) is 13.2 Å². The first-order valence-electron chi connectivity index (χ1n) is 7.85. The number of methoxy groups -OCH3 is 1. The van der Waals surface area contributed by atoms with Crippen LogP contribution in [0.15, 0.2) is 51.8 Å². The SMILES string of the molecule is COC(=O)Cn1c(=NS(=O)(=O)c2ccccc2)sc2c(C)cc(C)cc21. The molecule has 136 valence electrons. The lowest BCUT2D eigenvalue weighted by molar-refractivity contribution is -0.141. The van der Waals surface area contributed by atoms with Crippen molar-refractivity contribution in [2.75, 3.05) is 7.11 Å². The third kappa shape index (κ3) is 3.56. The zero-order valence-electron chi connectivity index (χ0n) is 14.6. The lowest BCUT2D eigenvalue weighted by Gasteiger charge is -2.05. The summed E-state index contributed by atoms with van der Waals surface area (Å²) in [4.78, 5) is 12.2. The molecule has 0 N–H and O–H groups in total. The van der Waals surface area contributed by atoms with Crippen molar-refractivity contribution in [3.63, 3.8) is 0 Å². The molecule has 8 heteroatoms. The maximum absolute atomic E-state index is 12.6. The van der Waals surface area contributed by atoms with E-state index in [1.807, 2.05) is 26.0 Å². The van der Waals surface area contributed by atoms with Crippen LogP contribution in [0, 0.1) is 13.8 Å². The standard InChI is InChI=1S/C18H18N2O4S2/c1-12-9-13(2)17-15(10-12)20(11-16(21)24-3)18(25-17)19-26(22,23)14-7-5-4-6-8-14/h4-10H,11H2,1-3H3. The number of benzene rings is 2. The topological polar surface area (TPSA) is 77.7 Å². The largest absolute Gasteiger partial charge is 0.468 e. The monoisotopic (exact) mass is 390 g/mol. The van der Waals surface area contributed by atoms with Crippen LogP contribution in [0.25, 0.3) is 10.2 Å². The fraction of sp³-hybridized carbons (Fsp3) is 0.222. The van der Waals surface area contributed by atoms with E-state index >= 15 is 0 Å². The van der Waals surface area contributed by atoms with E-state index in [-0.39, 0.29) is 16.2 Å². The minimum absolute atomic E-state index is 0.106. The number of sulfonamides is 1. The van der Waals surface area contributed by atoms with Crippen LogP contribution in [-0.4, -0.2) is 26.1 Å². The molecule has 0 atom stereocenters. The molecule has 0 aliphatic rings. The predicted octanol–water partition coefficient (Wildman–Crippen LogP) is 2.78. The lowest BCUT2D eigenvalue weighted by Crippen LogP contribution is -2.22. The van der Waals surface area contributed by atoms with E-state index in [1.165, 1.54) is 30.6 Å². The zero-order chi connectivity index (χ0) is 18.9. The number of carbonyl (C=O) groups excluding carboxylic acids is 1. The lowest BCUT2D eigenvalue weighted by atomic mass is 10.1. The summed E-state index contributed by atoms with van der Waals surface area (Å²) in [6.45, 7) is 3.79. The van der Waals surface area contributed by atoms with Crippen molar-refractivity contribution in [2.45, 2.75) is 25.3 Å². The Morgan fingerprint density at radius 1 is 1.19 bits per heavy atom. The zero-order valence-corrected chi connectivity index (χ0v) is 16.2. The third-order valence-electron chi connectivity index (χ3n) is 3.87. The number of ether oxygens (including phenoxy) is 1. The number of thiazole rings is 1. The van der Waals surface area contributed by atoms with Gasteiger partial charge in [0.15, 0.2) is 0 Å². The van der Waals surface area contributed by atoms with Crippen LogP contribution in [-0.2, 0) is 26.1 Å². The number of hydrogen-bond acceptors (Lipinski definition) is 5. The Hall–Kier alpha value is -2.45. The number of esters is 1. The van der Waals surface area contributed by atoms with E-state index in [0.717, 1.165) is 21.3 Å². The van der Waals surface area contributed by atoms with Gasteiger partial charge < -0.3 is 9.30 Å². The molecular formula is C18H18N2O4S2. The molecule has 0 saturated carbocycles. The van der Waals surface area contributed by atoms with E-state index in [4.69, 9.17) is 4.74 Å². The molecule has 0 fully saturated rings. The van der Waals surface area contributed by atoms with Gasteiger partial charge in [-0.15, -0.1) is 4.40 Å². The molecule has 0 radical (unpaired) electrons. The molecule has 26 heavy (non-hydrogen) atoms. The highest BCUT2D eigenvalue weighted by atomic mass is 32.2. The van der Waals surface area contributed by atoms with Crippen molar-refractivity contribution in [3.05, 3.63) is 58.4 Å². The fourth-order valence-corrected chi connectivity index (χ4v) is 4.98. The molecule has 0 amide bonds. The van der Waals surface area contributed by atoms with Crippen LogP contribution < -0.4 is 4.80 Å². The van der Waals surface area contributed by atoms with Gasteiger partial charge in [-0.25, -0.2) is 0 Å². The van der Waals surface area contributed by atoms with Gasteiger partial charge in [-0.05, 0) is 43.2 Å². The molecule has 6 nitrogen and oxygen atoms in total. The number of aromatic nitrogens is 1. The van der Waals surface area contributed by atoms with Crippen molar-refractivity contribution in [1.29, 1.82) is 0 Å². The summed E-state index contributed by atoms with van der Waals surface area (Å²) in [7, 11) is -2.59. The Morgan fingerprint density at radius 2 is 1.88 bits per heavy atom. The van der Waals surface area contributed by atoms with Crippen LogP contribution >= 0.6 is 11.3 Å². The number of rotatable bonds is 4. The van der Waals surface area contributed by atoms with E-state index in [0.29, 0.717) is 0 Å². The van der Waals surface area contributed by atoms with Crippen molar-refractivity contribution in [3.8, 4) is 0 Å². The maximum atomic E-state index is 12.6. The van der Waals surface area contributed by atoms with Crippen LogP contribution in [0.2, 0.25) is 0 Å². The first-order valence-corrected chi connectivity index (χ1v) is 10.1. The van der Waals surface area contributed by atoms with Gasteiger partial charge in [0.25, 0.3) is 10.0 Å². The summed E-state index contributed by atoms with van der Waals surface area (Å²) in [5.74, 6) is -0.470. The molecule has 3 aromatic rings. The minimum Gasteiger partial charge on any atom is -0.468 e. The van der Waals surface area contributed by atoms with Crippen LogP contribution in [0.1, 0.15) is 11.1 Å². The van der Waals surface area contributed by atoms with E-state index in [2.05, 4.69) is 4.40 Å². The molecule has 0 unspecified atom stereocenters. The third-order valence-corrected chi connectivity index (χ3v) is 6.49. The summed E-state index contributed by atoms with van der Waals surface area (Å²) < 4.78 is 36.5. The van der Waals surface area contributed by atoms with E-state index < -0.39 is 16.0 Å². The number of aryl methyl sites for hydroxylation is 2. The van der Waals surface area contributed by atoms with Crippen LogP contribution in [0.3, 0.4) is 0 Å². The average molecular weight is 390 g/mol. The van der Waals surface area contributed by atoms with Crippen molar-refractivity contribution >= 4 is 37.5 Å². The molecule has 2 aromatic carbocycles. The number of hydrogen-bond donors (Lipinski definition) is 0. The Morgan fingerprint density at radius 3 is 2.54 bits per heavy atom. The maximum Gasteiger partial charge on any atom is 0.325 e. The van der Waals surface area contributed by atoms with Crippen molar-refractivity contribution in [2.24, 2.45) is 4.40 Å². The van der Waals surface area contributed by atoms with Gasteiger partial charge in [0, 0.05) is 0 Å². The van der Waals surface area contributed by atoms with Crippen molar-refractivity contribution in [1.82, 2.24) is 4.57 Å². The summed E-state index contributed by atoms with van der Waals surface area (Å²) in [6.07, 6.45) is 0. The van der Waals surface area contributed by atoms with E-state index in [1.54, 1.807) is 22.8 Å². The summed E-state index contributed by atoms with van der Waals surface area (Å²) in [5, 5.41) is 0. The Kier molecular flexibility index (Phi) is 4.97. The number of fused-ring (bicyclic) bond motifs is 1. The van der Waals surface area contributed by atoms with Gasteiger partial charge >= 0.3 is 5.97 Å². The molecule has 0 aliphatic heterocycles. The number of carbonyl (C=O) groups is 1. The first-order chi connectivity index (χ1) is 12.3. The highest BCUT2D eigenvalue weighted by molar-refractivity contribution is 7.90. The summed E-state index contributed by atoms with van der Waals surface area (Å²) in [5.41, 5.74) is 2.78.